The monoisotopic (exact) mass is 283 g/mol. The van der Waals surface area contributed by atoms with Crippen molar-refractivity contribution in [2.24, 2.45) is 0 Å². The van der Waals surface area contributed by atoms with E-state index in [9.17, 15) is 0 Å². The van der Waals surface area contributed by atoms with Crippen molar-refractivity contribution in [3.05, 3.63) is 0 Å². The molecule has 9 heteroatoms. The van der Waals surface area contributed by atoms with E-state index in [4.69, 9.17) is 25.6 Å². The first-order chi connectivity index (χ1) is 3.73. The Morgan fingerprint density at radius 3 is 1.36 bits per heavy atom. The fraction of sp³-hybridized carbons (Fsp3) is 0.500. The summed E-state index contributed by atoms with van der Waals surface area (Å²) in [6, 6.07) is 0. The quantitative estimate of drug-likeness (QED) is 0.443. The van der Waals surface area contributed by atoms with E-state index in [1.165, 1.54) is 0 Å². The summed E-state index contributed by atoms with van der Waals surface area (Å²) >= 11 is -5.38. The zero-order valence-electron chi connectivity index (χ0n) is 6.71. The molecule has 0 aliphatic carbocycles. The Bertz CT molecular complexity index is 211. The van der Waals surface area contributed by atoms with Gasteiger partial charge in [-0.15, -0.1) is 0 Å². The molecule has 1 radical (unpaired) electrons. The number of carboxylic acid groups (broad SMARTS) is 1. The van der Waals surface area contributed by atoms with E-state index in [2.05, 4.69) is 0 Å². The van der Waals surface area contributed by atoms with Crippen LogP contribution >= 0.6 is 0 Å². The van der Waals surface area contributed by atoms with Crippen molar-refractivity contribution < 1.29 is 108 Å². The summed E-state index contributed by atoms with van der Waals surface area (Å²) in [6.45, 7) is 1.08. The van der Waals surface area contributed by atoms with E-state index in [1.54, 1.807) is 0 Å². The molecule has 0 unspecified atom stereocenters. The van der Waals surface area contributed by atoms with Gasteiger partial charge < -0.3 is 6.53 Å². The van der Waals surface area contributed by atoms with Gasteiger partial charge in [-0.2, -0.15) is 0 Å². The first-order valence-corrected chi connectivity index (χ1v) is 3.53. The van der Waals surface area contributed by atoms with Crippen LogP contribution in [0, 0.1) is 0 Å². The maximum absolute atomic E-state index is 9.00. The molecule has 11 heavy (non-hydrogen) atoms. The maximum atomic E-state index is 9.00. The molecule has 69 valence electrons. The van der Waals surface area contributed by atoms with Gasteiger partial charge in [-0.25, -0.2) is 0 Å². The van der Waals surface area contributed by atoms with Crippen LogP contribution in [-0.4, -0.2) is 15.3 Å². The Balaban J connectivity index is -0.0000000221. The summed E-state index contributed by atoms with van der Waals surface area (Å²) in [5.74, 6) is -0.833. The molecule has 0 amide bonds. The molecule has 0 spiro atoms. The topological polar surface area (TPSA) is 109 Å². The summed E-state index contributed by atoms with van der Waals surface area (Å²) in [7, 11) is 0. The first kappa shape index (κ1) is 22.9. The molecule has 2 N–H and O–H groups in total. The average molecular weight is 284 g/mol. The summed E-state index contributed by atoms with van der Waals surface area (Å²) in [5.41, 5.74) is 0. The molecule has 0 aliphatic heterocycles. The van der Waals surface area contributed by atoms with Gasteiger partial charge in [-0.3, -0.25) is 4.79 Å². The molecule has 0 heterocycles. The van der Waals surface area contributed by atoms with Crippen molar-refractivity contribution in [2.75, 3.05) is 0 Å². The van der Waals surface area contributed by atoms with Crippen molar-refractivity contribution in [1.82, 2.24) is 0 Å². The minimum absolute atomic E-state index is 0. The average Bonchev–Trinajstić information content (AvgIpc) is 1.19. The summed E-state index contributed by atoms with van der Waals surface area (Å²) in [4.78, 5) is 9.00. The molecule has 0 saturated carbocycles. The van der Waals surface area contributed by atoms with Crippen LogP contribution in [-0.2, 0) is 46.3 Å². The third-order valence-electron chi connectivity index (χ3n) is 0. The molecule has 0 fully saturated rings. The van der Waals surface area contributed by atoms with Crippen LogP contribution < -0.4 is 51.4 Å². The molecule has 0 atom stereocenters. The molecule has 0 aliphatic rings. The van der Waals surface area contributed by atoms with Gasteiger partial charge in [-0.05, 0) is 0 Å². The molecule has 0 aromatic heterocycles. The SMILES string of the molecule is CC(=O)O.[Cu].[H-].[K+].[O]=[Mn](=[O])(=[O])[OH]. The van der Waals surface area contributed by atoms with Crippen LogP contribution in [0.5, 0.6) is 0 Å². The first-order valence-electron chi connectivity index (χ1n) is 1.56. The number of hydrogen-bond donors (Lipinski definition) is 2. The number of rotatable bonds is 0. The number of carboxylic acids is 1. The fourth-order valence-corrected chi connectivity index (χ4v) is 0. The van der Waals surface area contributed by atoms with E-state index in [0.29, 0.717) is 0 Å². The molecule has 0 rings (SSSR count). The van der Waals surface area contributed by atoms with Gasteiger partial charge in [0.25, 0.3) is 5.97 Å². The van der Waals surface area contributed by atoms with Gasteiger partial charge in [0, 0.05) is 24.0 Å². The zero-order chi connectivity index (χ0) is 8.08. The van der Waals surface area contributed by atoms with Crippen LogP contribution in [0.3, 0.4) is 0 Å². The second-order valence-electron chi connectivity index (χ2n) is 0.915. The predicted octanol–water partition coefficient (Wildman–Crippen LogP) is -3.71. The molecular weight excluding hydrogens is 278 g/mol. The van der Waals surface area contributed by atoms with E-state index in [-0.39, 0.29) is 69.9 Å². The fourth-order valence-electron chi connectivity index (χ4n) is 0. The van der Waals surface area contributed by atoms with Crippen molar-refractivity contribution in [3.8, 4) is 0 Å². The Morgan fingerprint density at radius 1 is 1.36 bits per heavy atom. The van der Waals surface area contributed by atoms with E-state index >= 15 is 0 Å². The zero-order valence-corrected chi connectivity index (χ0v) is 11.0. The third kappa shape index (κ3) is 459. The number of hydrogen-bond acceptors (Lipinski definition) is 4. The Hall–Kier alpha value is 1.51. The molecule has 0 aromatic carbocycles. The summed E-state index contributed by atoms with van der Waals surface area (Å²) in [5, 5.41) is 7.42. The van der Waals surface area contributed by atoms with Gasteiger partial charge in [0.15, 0.2) is 0 Å². The molecule has 0 saturated heterocycles. The van der Waals surface area contributed by atoms with E-state index in [0.717, 1.165) is 6.92 Å². The van der Waals surface area contributed by atoms with Gasteiger partial charge in [0.1, 0.15) is 0 Å². The van der Waals surface area contributed by atoms with Crippen LogP contribution in [0.4, 0.5) is 0 Å². The third-order valence-corrected chi connectivity index (χ3v) is 0. The van der Waals surface area contributed by atoms with Gasteiger partial charge >= 0.3 is 80.0 Å². The summed E-state index contributed by atoms with van der Waals surface area (Å²) in [6.07, 6.45) is 0. The van der Waals surface area contributed by atoms with Gasteiger partial charge in [0.05, 0.1) is 0 Å². The normalized spacial score (nSPS) is 7.45. The van der Waals surface area contributed by atoms with Crippen LogP contribution in [0.2, 0.25) is 0 Å². The van der Waals surface area contributed by atoms with Crippen LogP contribution in [0.1, 0.15) is 8.35 Å². The Labute approximate surface area is 119 Å². The second kappa shape index (κ2) is 11.5. The molecule has 0 bridgehead atoms. The van der Waals surface area contributed by atoms with Gasteiger partial charge in [-0.1, -0.05) is 0 Å². The predicted molar refractivity (Wildman–Crippen MR) is 18.7 cm³/mol. The second-order valence-corrected chi connectivity index (χ2v) is 2.15. The standard InChI is InChI=1S/C2H4O2.Cu.K.Mn.H2O.3O.H/c1-2(3)4;;;;;;;;/h1H3,(H,3,4);;;;1H2;;;;/q;;2*+1;;;;;-1/p-1. The van der Waals surface area contributed by atoms with Crippen molar-refractivity contribution >= 4 is 5.97 Å². The molecular formula is C2H6CuKMnO6. The van der Waals surface area contributed by atoms with Crippen LogP contribution in [0.25, 0.3) is 0 Å². The van der Waals surface area contributed by atoms with Crippen molar-refractivity contribution in [3.63, 3.8) is 0 Å². The van der Waals surface area contributed by atoms with Crippen molar-refractivity contribution in [2.45, 2.75) is 6.92 Å². The Kier molecular flexibility index (Phi) is 23.9. The molecule has 6 nitrogen and oxygen atoms in total. The number of aliphatic carboxylic acids is 1. The summed E-state index contributed by atoms with van der Waals surface area (Å²) < 4.78 is 33.1. The Morgan fingerprint density at radius 2 is 1.36 bits per heavy atom. The van der Waals surface area contributed by atoms with Gasteiger partial charge in [0.2, 0.25) is 0 Å². The van der Waals surface area contributed by atoms with E-state index in [1.807, 2.05) is 0 Å². The van der Waals surface area contributed by atoms with Crippen molar-refractivity contribution in [1.29, 1.82) is 0 Å². The molecule has 0 aromatic rings. The minimum atomic E-state index is -5.38. The number of carbonyl (C=O) groups is 1. The van der Waals surface area contributed by atoms with E-state index < -0.39 is 18.9 Å². The van der Waals surface area contributed by atoms with Crippen LogP contribution in [0.15, 0.2) is 0 Å².